The molecular weight excluding hydrogens is 267 g/mol. The van der Waals surface area contributed by atoms with Crippen LogP contribution in [0.1, 0.15) is 18.5 Å². The number of pyridine rings is 1. The highest BCUT2D eigenvalue weighted by Gasteiger charge is 2.20. The zero-order valence-corrected chi connectivity index (χ0v) is 11.9. The van der Waals surface area contributed by atoms with Crippen molar-refractivity contribution < 1.29 is 9.13 Å². The van der Waals surface area contributed by atoms with Crippen LogP contribution in [0.3, 0.4) is 0 Å². The summed E-state index contributed by atoms with van der Waals surface area (Å²) in [4.78, 5) is 6.74. The fraction of sp³-hybridized carbons (Fsp3) is 0.353. The number of nitrogens with zero attached hydrogens (tertiary/aromatic N) is 2. The van der Waals surface area contributed by atoms with Crippen molar-refractivity contribution in [2.24, 2.45) is 0 Å². The van der Waals surface area contributed by atoms with Crippen LogP contribution < -0.4 is 4.74 Å². The van der Waals surface area contributed by atoms with Gasteiger partial charge in [0.1, 0.15) is 17.7 Å². The fourth-order valence-electron chi connectivity index (χ4n) is 2.64. The number of aromatic nitrogens is 1. The number of benzene rings is 1. The molecule has 0 atom stereocenters. The van der Waals surface area contributed by atoms with Gasteiger partial charge in [-0.25, -0.2) is 4.39 Å². The molecule has 1 saturated heterocycles. The molecule has 1 aromatic heterocycles. The van der Waals surface area contributed by atoms with Crippen LogP contribution in [0, 0.1) is 5.82 Å². The quantitative estimate of drug-likeness (QED) is 0.862. The maximum atomic E-state index is 13.1. The molecule has 4 heteroatoms. The van der Waals surface area contributed by atoms with E-state index in [1.54, 1.807) is 6.07 Å². The maximum Gasteiger partial charge on any atom is 0.126 e. The lowest BCUT2D eigenvalue weighted by atomic mass is 10.1. The average Bonchev–Trinajstić information content (AvgIpc) is 2.50. The highest BCUT2D eigenvalue weighted by Crippen LogP contribution is 2.20. The molecule has 0 aliphatic carbocycles. The van der Waals surface area contributed by atoms with Crippen molar-refractivity contribution in [2.45, 2.75) is 25.5 Å². The second-order valence-electron chi connectivity index (χ2n) is 5.37. The van der Waals surface area contributed by atoms with Crippen LogP contribution in [0.25, 0.3) is 0 Å². The normalized spacial score (nSPS) is 16.8. The highest BCUT2D eigenvalue weighted by molar-refractivity contribution is 5.22. The zero-order chi connectivity index (χ0) is 14.5. The highest BCUT2D eigenvalue weighted by atomic mass is 19.1. The summed E-state index contributed by atoms with van der Waals surface area (Å²) in [6.45, 7) is 2.85. The Morgan fingerprint density at radius 3 is 2.71 bits per heavy atom. The summed E-state index contributed by atoms with van der Waals surface area (Å²) in [6.07, 6.45) is 3.92. The van der Waals surface area contributed by atoms with Gasteiger partial charge >= 0.3 is 0 Å². The molecule has 3 rings (SSSR count). The number of ether oxygens (including phenoxy) is 1. The predicted octanol–water partition coefficient (Wildman–Crippen LogP) is 3.26. The van der Waals surface area contributed by atoms with Gasteiger partial charge in [-0.05, 0) is 37.1 Å². The maximum absolute atomic E-state index is 13.1. The minimum atomic E-state index is -0.250. The van der Waals surface area contributed by atoms with Crippen LogP contribution in [-0.2, 0) is 6.54 Å². The standard InChI is InChI=1S/C17H19FN2O/c18-14-4-3-6-17(12-14)21-16-7-10-20(11-8-16)13-15-5-1-2-9-19-15/h1-6,9,12,16H,7-8,10-11,13H2. The van der Waals surface area contributed by atoms with Gasteiger partial charge in [0.2, 0.25) is 0 Å². The molecule has 0 bridgehead atoms. The van der Waals surface area contributed by atoms with Gasteiger partial charge in [-0.15, -0.1) is 0 Å². The predicted molar refractivity (Wildman–Crippen MR) is 79.6 cm³/mol. The molecule has 0 saturated carbocycles. The topological polar surface area (TPSA) is 25.4 Å². The van der Waals surface area contributed by atoms with Gasteiger partial charge < -0.3 is 4.74 Å². The molecule has 110 valence electrons. The first kappa shape index (κ1) is 14.0. The molecule has 1 aromatic carbocycles. The Bertz CT molecular complexity index is 568. The summed E-state index contributed by atoms with van der Waals surface area (Å²) in [5, 5.41) is 0. The summed E-state index contributed by atoms with van der Waals surface area (Å²) in [6, 6.07) is 12.4. The number of hydrogen-bond donors (Lipinski definition) is 0. The van der Waals surface area contributed by atoms with Crippen LogP contribution in [-0.4, -0.2) is 29.1 Å². The van der Waals surface area contributed by atoms with Crippen molar-refractivity contribution in [3.05, 3.63) is 60.2 Å². The van der Waals surface area contributed by atoms with E-state index in [1.807, 2.05) is 24.4 Å². The van der Waals surface area contributed by atoms with Gasteiger partial charge in [0.15, 0.2) is 0 Å². The van der Waals surface area contributed by atoms with E-state index >= 15 is 0 Å². The van der Waals surface area contributed by atoms with Crippen molar-refractivity contribution in [3.63, 3.8) is 0 Å². The average molecular weight is 286 g/mol. The fourth-order valence-corrected chi connectivity index (χ4v) is 2.64. The third-order valence-corrected chi connectivity index (χ3v) is 3.75. The molecule has 0 radical (unpaired) electrons. The molecule has 0 spiro atoms. The molecule has 2 heterocycles. The van der Waals surface area contributed by atoms with Crippen LogP contribution in [0.15, 0.2) is 48.7 Å². The summed E-state index contributed by atoms with van der Waals surface area (Å²) in [7, 11) is 0. The van der Waals surface area contributed by atoms with Gasteiger partial charge in [0.25, 0.3) is 0 Å². The Balaban J connectivity index is 1.49. The lowest BCUT2D eigenvalue weighted by Crippen LogP contribution is -2.37. The third kappa shape index (κ3) is 4.02. The van der Waals surface area contributed by atoms with Crippen molar-refractivity contribution in [3.8, 4) is 5.75 Å². The lowest BCUT2D eigenvalue weighted by Gasteiger charge is -2.31. The Kier molecular flexibility index (Phi) is 4.46. The number of piperidine rings is 1. The first-order valence-corrected chi connectivity index (χ1v) is 7.34. The second kappa shape index (κ2) is 6.68. The smallest absolute Gasteiger partial charge is 0.126 e. The lowest BCUT2D eigenvalue weighted by molar-refractivity contribution is 0.0959. The Labute approximate surface area is 124 Å². The number of halogens is 1. The van der Waals surface area contributed by atoms with E-state index in [0.29, 0.717) is 5.75 Å². The zero-order valence-electron chi connectivity index (χ0n) is 11.9. The van der Waals surface area contributed by atoms with E-state index in [2.05, 4.69) is 16.0 Å². The van der Waals surface area contributed by atoms with E-state index in [-0.39, 0.29) is 11.9 Å². The minimum absolute atomic E-state index is 0.173. The van der Waals surface area contributed by atoms with Crippen LogP contribution in [0.2, 0.25) is 0 Å². The monoisotopic (exact) mass is 286 g/mol. The van der Waals surface area contributed by atoms with Crippen molar-refractivity contribution in [1.29, 1.82) is 0 Å². The Morgan fingerprint density at radius 2 is 2.00 bits per heavy atom. The van der Waals surface area contributed by atoms with Gasteiger partial charge in [0, 0.05) is 31.9 Å². The minimum Gasteiger partial charge on any atom is -0.490 e. The summed E-state index contributed by atoms with van der Waals surface area (Å²) in [5.41, 5.74) is 1.10. The van der Waals surface area contributed by atoms with Crippen LogP contribution >= 0.6 is 0 Å². The van der Waals surface area contributed by atoms with Gasteiger partial charge in [-0.2, -0.15) is 0 Å². The van der Waals surface area contributed by atoms with E-state index < -0.39 is 0 Å². The van der Waals surface area contributed by atoms with Gasteiger partial charge in [-0.3, -0.25) is 9.88 Å². The molecule has 21 heavy (non-hydrogen) atoms. The van der Waals surface area contributed by atoms with Crippen LogP contribution in [0.4, 0.5) is 4.39 Å². The molecule has 2 aromatic rings. The van der Waals surface area contributed by atoms with Crippen molar-refractivity contribution in [1.82, 2.24) is 9.88 Å². The molecule has 0 unspecified atom stereocenters. The molecule has 3 nitrogen and oxygen atoms in total. The van der Waals surface area contributed by atoms with Crippen molar-refractivity contribution >= 4 is 0 Å². The SMILES string of the molecule is Fc1cccc(OC2CCN(Cc3ccccn3)CC2)c1. The van der Waals surface area contributed by atoms with Gasteiger partial charge in [0.05, 0.1) is 5.69 Å². The van der Waals surface area contributed by atoms with E-state index in [0.717, 1.165) is 38.2 Å². The van der Waals surface area contributed by atoms with Gasteiger partial charge in [-0.1, -0.05) is 12.1 Å². The molecule has 0 amide bonds. The molecule has 1 fully saturated rings. The van der Waals surface area contributed by atoms with Crippen molar-refractivity contribution in [2.75, 3.05) is 13.1 Å². The largest absolute Gasteiger partial charge is 0.490 e. The Hall–Kier alpha value is -1.94. The van der Waals surface area contributed by atoms with E-state index in [4.69, 9.17) is 4.74 Å². The number of rotatable bonds is 4. The van der Waals surface area contributed by atoms with E-state index in [1.165, 1.54) is 12.1 Å². The summed E-state index contributed by atoms with van der Waals surface area (Å²) >= 11 is 0. The first-order valence-electron chi connectivity index (χ1n) is 7.34. The number of likely N-dealkylation sites (tertiary alicyclic amines) is 1. The Morgan fingerprint density at radius 1 is 1.14 bits per heavy atom. The molecular formula is C17H19FN2O. The summed E-state index contributed by atoms with van der Waals surface area (Å²) in [5.74, 6) is 0.373. The third-order valence-electron chi connectivity index (χ3n) is 3.75. The molecule has 1 aliphatic rings. The van der Waals surface area contributed by atoms with Crippen LogP contribution in [0.5, 0.6) is 5.75 Å². The summed E-state index contributed by atoms with van der Waals surface area (Å²) < 4.78 is 19.0. The molecule has 0 N–H and O–H groups in total. The number of hydrogen-bond acceptors (Lipinski definition) is 3. The molecule has 1 aliphatic heterocycles. The second-order valence-corrected chi connectivity index (χ2v) is 5.37. The van der Waals surface area contributed by atoms with E-state index in [9.17, 15) is 4.39 Å². The first-order chi connectivity index (χ1) is 10.3.